The van der Waals surface area contributed by atoms with E-state index >= 15 is 0 Å². The minimum absolute atomic E-state index is 0.0178. The van der Waals surface area contributed by atoms with Gasteiger partial charge in [-0.25, -0.2) is 0 Å². The molecule has 0 aliphatic carbocycles. The van der Waals surface area contributed by atoms with Gasteiger partial charge in [-0.05, 0) is 80.4 Å². The van der Waals surface area contributed by atoms with Crippen molar-refractivity contribution in [3.05, 3.63) is 33.4 Å². The van der Waals surface area contributed by atoms with E-state index < -0.39 is 0 Å². The lowest BCUT2D eigenvalue weighted by Gasteiger charge is -2.42. The summed E-state index contributed by atoms with van der Waals surface area (Å²) >= 11 is 2.33. The van der Waals surface area contributed by atoms with Crippen LogP contribution in [0.2, 0.25) is 0 Å². The first-order valence-electron chi connectivity index (χ1n) is 8.15. The molecule has 0 amide bonds. The summed E-state index contributed by atoms with van der Waals surface area (Å²) in [5.41, 5.74) is 1.29. The monoisotopic (exact) mass is 413 g/mol. The van der Waals surface area contributed by atoms with Crippen LogP contribution >= 0.6 is 22.6 Å². The lowest BCUT2D eigenvalue weighted by atomic mass is 9.76. The van der Waals surface area contributed by atoms with E-state index in [-0.39, 0.29) is 23.9 Å². The smallest absolute Gasteiger partial charge is 0.311 e. The van der Waals surface area contributed by atoms with E-state index in [4.69, 9.17) is 4.74 Å². The summed E-state index contributed by atoms with van der Waals surface area (Å²) in [5, 5.41) is 0. The Morgan fingerprint density at radius 3 is 2.59 bits per heavy atom. The highest BCUT2D eigenvalue weighted by molar-refractivity contribution is 14.1. The Balaban J connectivity index is 1.91. The van der Waals surface area contributed by atoms with Gasteiger partial charge in [0.2, 0.25) is 0 Å². The van der Waals surface area contributed by atoms with Crippen LogP contribution in [0.4, 0.5) is 0 Å². The molecule has 0 unspecified atom stereocenters. The summed E-state index contributed by atoms with van der Waals surface area (Å²) < 4.78 is 6.83. The van der Waals surface area contributed by atoms with E-state index in [1.807, 2.05) is 13.8 Å². The van der Waals surface area contributed by atoms with Crippen LogP contribution in [0.3, 0.4) is 0 Å². The molecule has 4 atom stereocenters. The molecule has 2 aliphatic rings. The molecule has 22 heavy (non-hydrogen) atoms. The van der Waals surface area contributed by atoms with Crippen molar-refractivity contribution >= 4 is 28.6 Å². The van der Waals surface area contributed by atoms with Gasteiger partial charge in [0.15, 0.2) is 0 Å². The van der Waals surface area contributed by atoms with Crippen LogP contribution in [0.25, 0.3) is 0 Å². The number of halogens is 1. The molecule has 0 aromatic heterocycles. The van der Waals surface area contributed by atoms with Crippen molar-refractivity contribution in [1.29, 1.82) is 0 Å². The van der Waals surface area contributed by atoms with Crippen molar-refractivity contribution in [3.8, 4) is 0 Å². The van der Waals surface area contributed by atoms with Crippen molar-refractivity contribution in [2.75, 3.05) is 7.05 Å². The van der Waals surface area contributed by atoms with Crippen LogP contribution in [0, 0.1) is 9.49 Å². The molecule has 0 spiro atoms. The zero-order valence-electron chi connectivity index (χ0n) is 13.5. The zero-order chi connectivity index (χ0) is 15.9. The Morgan fingerprint density at radius 1 is 1.27 bits per heavy atom. The van der Waals surface area contributed by atoms with Crippen molar-refractivity contribution in [3.63, 3.8) is 0 Å². The highest BCUT2D eigenvalue weighted by atomic mass is 127. The highest BCUT2D eigenvalue weighted by Crippen LogP contribution is 2.46. The average Bonchev–Trinajstić information content (AvgIpc) is 2.71. The molecule has 2 fully saturated rings. The zero-order valence-corrected chi connectivity index (χ0v) is 15.6. The molecule has 3 rings (SSSR count). The molecule has 4 heteroatoms. The van der Waals surface area contributed by atoms with Crippen molar-refractivity contribution in [2.45, 2.75) is 57.2 Å². The molecule has 1 aromatic carbocycles. The summed E-state index contributed by atoms with van der Waals surface area (Å²) in [6, 6.07) is 9.59. The SMILES string of the molecule is CC(C)OC(=O)[C@H]1[C@@H](c2ccc(I)cc2)C[C@H]2CC[C@@H]1N2C. The van der Waals surface area contributed by atoms with Crippen molar-refractivity contribution in [2.24, 2.45) is 5.92 Å². The van der Waals surface area contributed by atoms with Crippen LogP contribution in [0.15, 0.2) is 24.3 Å². The predicted octanol–water partition coefficient (Wildman–Crippen LogP) is 3.81. The Hall–Kier alpha value is -0.620. The molecule has 3 nitrogen and oxygen atoms in total. The molecule has 120 valence electrons. The number of esters is 1. The van der Waals surface area contributed by atoms with Gasteiger partial charge < -0.3 is 4.74 Å². The van der Waals surface area contributed by atoms with Gasteiger partial charge in [0.25, 0.3) is 0 Å². The van der Waals surface area contributed by atoms with Crippen LogP contribution in [-0.4, -0.2) is 36.1 Å². The first-order chi connectivity index (χ1) is 10.5. The second-order valence-electron chi connectivity index (χ2n) is 6.87. The molecule has 0 saturated carbocycles. The molecule has 0 N–H and O–H groups in total. The van der Waals surface area contributed by atoms with Gasteiger partial charge in [0.05, 0.1) is 12.0 Å². The van der Waals surface area contributed by atoms with E-state index in [2.05, 4.69) is 58.8 Å². The normalized spacial score (nSPS) is 31.5. The van der Waals surface area contributed by atoms with Gasteiger partial charge >= 0.3 is 5.97 Å². The molecule has 2 heterocycles. The summed E-state index contributed by atoms with van der Waals surface area (Å²) in [6.07, 6.45) is 3.33. The Morgan fingerprint density at radius 2 is 1.95 bits per heavy atom. The predicted molar refractivity (Wildman–Crippen MR) is 95.8 cm³/mol. The molecule has 2 saturated heterocycles. The summed E-state index contributed by atoms with van der Waals surface area (Å²) in [7, 11) is 2.17. The number of fused-ring (bicyclic) bond motifs is 2. The molecular formula is C18H24INO2. The first-order valence-corrected chi connectivity index (χ1v) is 9.23. The van der Waals surface area contributed by atoms with E-state index in [0.717, 1.165) is 12.8 Å². The van der Waals surface area contributed by atoms with Crippen molar-refractivity contribution in [1.82, 2.24) is 4.90 Å². The molecule has 0 radical (unpaired) electrons. The third kappa shape index (κ3) is 3.04. The Labute approximate surface area is 146 Å². The number of carbonyl (C=O) groups is 1. The fourth-order valence-corrected chi connectivity index (χ4v) is 4.51. The number of carbonyl (C=O) groups excluding carboxylic acids is 1. The number of hydrogen-bond donors (Lipinski definition) is 0. The molecule has 2 aliphatic heterocycles. The molecule has 2 bridgehead atoms. The maximum absolute atomic E-state index is 12.7. The van der Waals surface area contributed by atoms with Crippen LogP contribution in [-0.2, 0) is 9.53 Å². The van der Waals surface area contributed by atoms with Gasteiger partial charge in [-0.15, -0.1) is 0 Å². The largest absolute Gasteiger partial charge is 0.463 e. The summed E-state index contributed by atoms with van der Waals surface area (Å²) in [4.78, 5) is 15.2. The number of benzene rings is 1. The molecule has 1 aromatic rings. The van der Waals surface area contributed by atoms with Gasteiger partial charge in [-0.1, -0.05) is 12.1 Å². The highest BCUT2D eigenvalue weighted by Gasteiger charge is 2.49. The van der Waals surface area contributed by atoms with Gasteiger partial charge in [-0.2, -0.15) is 0 Å². The van der Waals surface area contributed by atoms with E-state index in [1.54, 1.807) is 0 Å². The minimum atomic E-state index is -0.0469. The maximum atomic E-state index is 12.7. The second-order valence-corrected chi connectivity index (χ2v) is 8.11. The fourth-order valence-electron chi connectivity index (χ4n) is 4.15. The first kappa shape index (κ1) is 16.2. The van der Waals surface area contributed by atoms with Crippen LogP contribution in [0.5, 0.6) is 0 Å². The van der Waals surface area contributed by atoms with E-state index in [0.29, 0.717) is 12.1 Å². The van der Waals surface area contributed by atoms with E-state index in [1.165, 1.54) is 15.6 Å². The lowest BCUT2D eigenvalue weighted by Crippen LogP contribution is -2.49. The summed E-state index contributed by atoms with van der Waals surface area (Å²) in [6.45, 7) is 3.86. The Bertz CT molecular complexity index is 543. The molecular weight excluding hydrogens is 389 g/mol. The number of piperidine rings is 1. The van der Waals surface area contributed by atoms with Crippen molar-refractivity contribution < 1.29 is 9.53 Å². The topological polar surface area (TPSA) is 29.5 Å². The van der Waals surface area contributed by atoms with Crippen LogP contribution in [0.1, 0.15) is 44.6 Å². The van der Waals surface area contributed by atoms with Gasteiger partial charge in [-0.3, -0.25) is 9.69 Å². The third-order valence-corrected chi connectivity index (χ3v) is 5.91. The summed E-state index contributed by atoms with van der Waals surface area (Å²) in [5.74, 6) is 0.235. The third-order valence-electron chi connectivity index (χ3n) is 5.19. The average molecular weight is 413 g/mol. The quantitative estimate of drug-likeness (QED) is 0.558. The number of nitrogens with zero attached hydrogens (tertiary/aromatic N) is 1. The number of hydrogen-bond acceptors (Lipinski definition) is 3. The van der Waals surface area contributed by atoms with Gasteiger partial charge in [0, 0.05) is 21.6 Å². The number of rotatable bonds is 3. The fraction of sp³-hybridized carbons (Fsp3) is 0.611. The minimum Gasteiger partial charge on any atom is -0.463 e. The van der Waals surface area contributed by atoms with E-state index in [9.17, 15) is 4.79 Å². The number of ether oxygens (including phenoxy) is 1. The van der Waals surface area contributed by atoms with Crippen LogP contribution < -0.4 is 0 Å². The second kappa shape index (κ2) is 6.48. The standard InChI is InChI=1S/C18H24INO2/c1-11(2)22-18(21)17-15(12-4-6-13(19)7-5-12)10-14-8-9-16(17)20(14)3/h4-7,11,14-17H,8-10H2,1-3H3/t14-,15-,16+,17+/m1/s1. The maximum Gasteiger partial charge on any atom is 0.311 e. The Kier molecular flexibility index (Phi) is 4.78. The lowest BCUT2D eigenvalue weighted by molar-refractivity contribution is -0.157. The van der Waals surface area contributed by atoms with Gasteiger partial charge in [0.1, 0.15) is 0 Å².